The van der Waals surface area contributed by atoms with E-state index in [0.717, 1.165) is 18.6 Å². The molecule has 1 aromatic rings. The normalized spacial score (nSPS) is 11.6. The molecule has 0 saturated carbocycles. The van der Waals surface area contributed by atoms with E-state index in [2.05, 4.69) is 5.32 Å². The summed E-state index contributed by atoms with van der Waals surface area (Å²) in [5.74, 6) is -1.38. The Morgan fingerprint density at radius 1 is 1.28 bits per heavy atom. The topological polar surface area (TPSA) is 58.3 Å². The predicted octanol–water partition coefficient (Wildman–Crippen LogP) is 2.76. The monoisotopic (exact) mass is 258 g/mol. The first-order valence-electron chi connectivity index (χ1n) is 5.95. The molecule has 102 valence electrons. The molecule has 0 fully saturated rings. The summed E-state index contributed by atoms with van der Waals surface area (Å²) < 4.78 is 27.0. The molecule has 0 bridgehead atoms. The van der Waals surface area contributed by atoms with Gasteiger partial charge >= 0.3 is 0 Å². The zero-order chi connectivity index (χ0) is 13.8. The van der Waals surface area contributed by atoms with E-state index in [9.17, 15) is 8.78 Å². The number of nitrogen functional groups attached to an aromatic ring is 1. The Balaban J connectivity index is 2.69. The van der Waals surface area contributed by atoms with Gasteiger partial charge in [0.2, 0.25) is 0 Å². The highest BCUT2D eigenvalue weighted by atomic mass is 19.1. The van der Waals surface area contributed by atoms with Gasteiger partial charge in [-0.25, -0.2) is 8.78 Å². The maximum Gasteiger partial charge on any atom is 0.151 e. The van der Waals surface area contributed by atoms with Crippen molar-refractivity contribution in [3.05, 3.63) is 23.8 Å². The molecule has 0 atom stereocenters. The van der Waals surface area contributed by atoms with Crippen molar-refractivity contribution in [2.24, 2.45) is 5.41 Å². The maximum atomic E-state index is 13.5. The van der Waals surface area contributed by atoms with Crippen LogP contribution in [0.2, 0.25) is 0 Å². The average molecular weight is 258 g/mol. The second-order valence-corrected chi connectivity index (χ2v) is 5.20. The van der Waals surface area contributed by atoms with Crippen LogP contribution in [0.25, 0.3) is 0 Å². The third kappa shape index (κ3) is 4.14. The van der Waals surface area contributed by atoms with Crippen molar-refractivity contribution in [3.8, 4) is 0 Å². The Bertz CT molecular complexity index is 385. The van der Waals surface area contributed by atoms with Crippen LogP contribution in [0.5, 0.6) is 0 Å². The van der Waals surface area contributed by atoms with Crippen LogP contribution >= 0.6 is 0 Å². The lowest BCUT2D eigenvalue weighted by molar-refractivity contribution is 0.247. The molecule has 0 aliphatic rings. The van der Waals surface area contributed by atoms with Crippen molar-refractivity contribution in [1.29, 1.82) is 0 Å². The number of rotatable bonds is 6. The molecule has 1 aromatic carbocycles. The summed E-state index contributed by atoms with van der Waals surface area (Å²) >= 11 is 0. The molecule has 0 aliphatic carbocycles. The van der Waals surface area contributed by atoms with Crippen LogP contribution in [0, 0.1) is 17.0 Å². The Labute approximate surface area is 106 Å². The van der Waals surface area contributed by atoms with Gasteiger partial charge in [0.05, 0.1) is 0 Å². The van der Waals surface area contributed by atoms with E-state index in [1.54, 1.807) is 0 Å². The molecule has 0 unspecified atom stereocenters. The summed E-state index contributed by atoms with van der Waals surface area (Å²) in [5, 5.41) is 11.5. The van der Waals surface area contributed by atoms with Gasteiger partial charge in [0.25, 0.3) is 0 Å². The number of anilines is 2. The van der Waals surface area contributed by atoms with Crippen LogP contribution in [0.15, 0.2) is 12.1 Å². The number of benzene rings is 1. The first-order chi connectivity index (χ1) is 8.35. The van der Waals surface area contributed by atoms with Crippen molar-refractivity contribution >= 4 is 11.4 Å². The summed E-state index contributed by atoms with van der Waals surface area (Å²) in [7, 11) is 0. The molecule has 5 heteroatoms. The average Bonchev–Trinajstić information content (AvgIpc) is 2.24. The van der Waals surface area contributed by atoms with Gasteiger partial charge < -0.3 is 16.2 Å². The number of nitrogens with one attached hydrogen (secondary N) is 1. The van der Waals surface area contributed by atoms with Gasteiger partial charge in [-0.1, -0.05) is 13.8 Å². The molecule has 0 amide bonds. The number of halogens is 2. The Morgan fingerprint density at radius 2 is 1.83 bits per heavy atom. The lowest BCUT2D eigenvalue weighted by Crippen LogP contribution is -2.24. The molecule has 0 spiro atoms. The highest BCUT2D eigenvalue weighted by molar-refractivity contribution is 5.54. The van der Waals surface area contributed by atoms with Crippen LogP contribution < -0.4 is 11.1 Å². The number of aliphatic hydroxyl groups is 1. The largest absolute Gasteiger partial charge is 0.399 e. The van der Waals surface area contributed by atoms with E-state index >= 15 is 0 Å². The number of nitrogens with two attached hydrogens (primary N) is 1. The van der Waals surface area contributed by atoms with Crippen LogP contribution in [0.3, 0.4) is 0 Å². The summed E-state index contributed by atoms with van der Waals surface area (Å²) in [5.41, 5.74) is 5.10. The van der Waals surface area contributed by atoms with Gasteiger partial charge in [0, 0.05) is 18.8 Å². The first-order valence-corrected chi connectivity index (χ1v) is 5.95. The van der Waals surface area contributed by atoms with E-state index in [1.165, 1.54) is 0 Å². The molecule has 1 rings (SSSR count). The molecule has 0 aromatic heterocycles. The first kappa shape index (κ1) is 14.7. The molecule has 0 saturated heterocycles. The van der Waals surface area contributed by atoms with E-state index in [-0.39, 0.29) is 23.4 Å². The molecule has 4 N–H and O–H groups in total. The number of hydrogen-bond donors (Lipinski definition) is 3. The Morgan fingerprint density at radius 3 is 2.33 bits per heavy atom. The zero-order valence-electron chi connectivity index (χ0n) is 10.8. The van der Waals surface area contributed by atoms with E-state index < -0.39 is 11.6 Å². The molecular formula is C13H20F2N2O. The SMILES string of the molecule is CC(C)(CCCO)CNc1c(F)cc(N)cc1F. The highest BCUT2D eigenvalue weighted by Crippen LogP contribution is 2.26. The molecule has 18 heavy (non-hydrogen) atoms. The molecular weight excluding hydrogens is 238 g/mol. The summed E-state index contributed by atoms with van der Waals surface area (Å²) in [6.07, 6.45) is 1.44. The van der Waals surface area contributed by atoms with Crippen LogP contribution in [-0.4, -0.2) is 18.3 Å². The zero-order valence-corrected chi connectivity index (χ0v) is 10.8. The van der Waals surface area contributed by atoms with Gasteiger partial charge in [0.15, 0.2) is 11.6 Å². The van der Waals surface area contributed by atoms with E-state index in [0.29, 0.717) is 13.0 Å². The van der Waals surface area contributed by atoms with Crippen LogP contribution in [0.4, 0.5) is 20.2 Å². The van der Waals surface area contributed by atoms with Crippen molar-refractivity contribution in [2.75, 3.05) is 24.2 Å². The van der Waals surface area contributed by atoms with Crippen molar-refractivity contribution in [2.45, 2.75) is 26.7 Å². The minimum Gasteiger partial charge on any atom is -0.399 e. The van der Waals surface area contributed by atoms with Gasteiger partial charge in [0.1, 0.15) is 5.69 Å². The van der Waals surface area contributed by atoms with Crippen molar-refractivity contribution < 1.29 is 13.9 Å². The van der Waals surface area contributed by atoms with Gasteiger partial charge in [-0.3, -0.25) is 0 Å². The van der Waals surface area contributed by atoms with Gasteiger partial charge in [-0.15, -0.1) is 0 Å². The molecule has 3 nitrogen and oxygen atoms in total. The van der Waals surface area contributed by atoms with Crippen LogP contribution in [-0.2, 0) is 0 Å². The van der Waals surface area contributed by atoms with Gasteiger partial charge in [-0.05, 0) is 30.4 Å². The molecule has 0 aliphatic heterocycles. The summed E-state index contributed by atoms with van der Waals surface area (Å²) in [6.45, 7) is 4.49. The van der Waals surface area contributed by atoms with E-state index in [1.807, 2.05) is 13.8 Å². The second kappa shape index (κ2) is 6.00. The minimum absolute atomic E-state index is 0.0649. The standard InChI is InChI=1S/C13H20F2N2O/c1-13(2,4-3-5-18)8-17-12-10(14)6-9(16)7-11(12)15/h6-7,17-18H,3-5,8,16H2,1-2H3. The summed E-state index contributed by atoms with van der Waals surface area (Å²) in [6, 6.07) is 2.18. The smallest absolute Gasteiger partial charge is 0.151 e. The fraction of sp³-hybridized carbons (Fsp3) is 0.538. The number of aliphatic hydroxyl groups excluding tert-OH is 1. The summed E-state index contributed by atoms with van der Waals surface area (Å²) in [4.78, 5) is 0. The van der Waals surface area contributed by atoms with Gasteiger partial charge in [-0.2, -0.15) is 0 Å². The maximum absolute atomic E-state index is 13.5. The Kier molecular flexibility index (Phi) is 4.90. The highest BCUT2D eigenvalue weighted by Gasteiger charge is 2.19. The fourth-order valence-corrected chi connectivity index (χ4v) is 1.74. The third-order valence-corrected chi connectivity index (χ3v) is 2.82. The van der Waals surface area contributed by atoms with Crippen molar-refractivity contribution in [3.63, 3.8) is 0 Å². The Hall–Kier alpha value is -1.36. The second-order valence-electron chi connectivity index (χ2n) is 5.20. The minimum atomic E-state index is -0.689. The van der Waals surface area contributed by atoms with Crippen LogP contribution in [0.1, 0.15) is 26.7 Å². The fourth-order valence-electron chi connectivity index (χ4n) is 1.74. The molecule has 0 heterocycles. The number of hydrogen-bond acceptors (Lipinski definition) is 3. The lowest BCUT2D eigenvalue weighted by atomic mass is 9.88. The quantitative estimate of drug-likeness (QED) is 0.688. The molecule has 0 radical (unpaired) electrons. The third-order valence-electron chi connectivity index (χ3n) is 2.82. The van der Waals surface area contributed by atoms with Crippen molar-refractivity contribution in [1.82, 2.24) is 0 Å². The van der Waals surface area contributed by atoms with E-state index in [4.69, 9.17) is 10.8 Å². The lowest BCUT2D eigenvalue weighted by Gasteiger charge is -2.25. The predicted molar refractivity (Wildman–Crippen MR) is 69.4 cm³/mol.